The Morgan fingerprint density at radius 3 is 2.57 bits per heavy atom. The van der Waals surface area contributed by atoms with Gasteiger partial charge in [-0.25, -0.2) is 4.39 Å². The van der Waals surface area contributed by atoms with Crippen molar-refractivity contribution in [2.45, 2.75) is 19.9 Å². The Bertz CT molecular complexity index is 554. The predicted molar refractivity (Wildman–Crippen MR) is 87.2 cm³/mol. The summed E-state index contributed by atoms with van der Waals surface area (Å²) in [5.41, 5.74) is 2.93. The van der Waals surface area contributed by atoms with E-state index in [1.54, 1.807) is 13.0 Å². The van der Waals surface area contributed by atoms with Gasteiger partial charge in [0.1, 0.15) is 5.82 Å². The van der Waals surface area contributed by atoms with Crippen LogP contribution in [-0.4, -0.2) is 20.1 Å². The standard InChI is InChI=1S/C18H23FN2/c1-15-9-10-16(13-18(15)19)14-20-11-6-12-21(2)17-7-4-3-5-8-17/h3-5,7-10,13,20H,6,11-12,14H2,1-2H3. The number of benzene rings is 2. The Morgan fingerprint density at radius 2 is 1.86 bits per heavy atom. The fraction of sp³-hybridized carbons (Fsp3) is 0.333. The largest absolute Gasteiger partial charge is 0.375 e. The first-order chi connectivity index (χ1) is 10.2. The molecule has 0 aliphatic heterocycles. The molecule has 1 N–H and O–H groups in total. The molecular formula is C18H23FN2. The van der Waals surface area contributed by atoms with Crippen LogP contribution in [0, 0.1) is 12.7 Å². The van der Waals surface area contributed by atoms with E-state index in [-0.39, 0.29) is 5.82 Å². The number of para-hydroxylation sites is 1. The molecule has 0 amide bonds. The molecule has 2 rings (SSSR count). The lowest BCUT2D eigenvalue weighted by atomic mass is 10.1. The van der Waals surface area contributed by atoms with E-state index < -0.39 is 0 Å². The molecular weight excluding hydrogens is 263 g/mol. The van der Waals surface area contributed by atoms with Crippen molar-refractivity contribution in [2.75, 3.05) is 25.0 Å². The molecule has 0 atom stereocenters. The van der Waals surface area contributed by atoms with E-state index in [4.69, 9.17) is 0 Å². The van der Waals surface area contributed by atoms with Crippen LogP contribution < -0.4 is 10.2 Å². The molecule has 2 nitrogen and oxygen atoms in total. The summed E-state index contributed by atoms with van der Waals surface area (Å²) >= 11 is 0. The highest BCUT2D eigenvalue weighted by Gasteiger charge is 2.01. The van der Waals surface area contributed by atoms with E-state index in [1.807, 2.05) is 18.2 Å². The van der Waals surface area contributed by atoms with Crippen molar-refractivity contribution in [1.82, 2.24) is 5.32 Å². The van der Waals surface area contributed by atoms with Gasteiger partial charge in [0.05, 0.1) is 0 Å². The quantitative estimate of drug-likeness (QED) is 0.780. The maximum atomic E-state index is 13.4. The maximum Gasteiger partial charge on any atom is 0.126 e. The fourth-order valence-electron chi connectivity index (χ4n) is 2.23. The molecule has 112 valence electrons. The van der Waals surface area contributed by atoms with Gasteiger partial charge in [-0.1, -0.05) is 30.3 Å². The highest BCUT2D eigenvalue weighted by atomic mass is 19.1. The molecule has 0 saturated carbocycles. The summed E-state index contributed by atoms with van der Waals surface area (Å²) in [5, 5.41) is 3.36. The molecule has 2 aromatic rings. The van der Waals surface area contributed by atoms with Crippen molar-refractivity contribution in [3.05, 3.63) is 65.5 Å². The minimum absolute atomic E-state index is 0.127. The highest BCUT2D eigenvalue weighted by Crippen LogP contribution is 2.11. The summed E-state index contributed by atoms with van der Waals surface area (Å²) in [4.78, 5) is 2.24. The van der Waals surface area contributed by atoms with Crippen molar-refractivity contribution in [2.24, 2.45) is 0 Å². The summed E-state index contributed by atoms with van der Waals surface area (Å²) in [6, 6.07) is 15.8. The summed E-state index contributed by atoms with van der Waals surface area (Å²) in [5.74, 6) is -0.127. The third-order valence-electron chi connectivity index (χ3n) is 3.61. The van der Waals surface area contributed by atoms with Gasteiger partial charge in [0.25, 0.3) is 0 Å². The second kappa shape index (κ2) is 7.79. The highest BCUT2D eigenvalue weighted by molar-refractivity contribution is 5.44. The first kappa shape index (κ1) is 15.5. The number of halogens is 1. The molecule has 0 radical (unpaired) electrons. The zero-order valence-corrected chi connectivity index (χ0v) is 12.8. The fourth-order valence-corrected chi connectivity index (χ4v) is 2.23. The molecule has 3 heteroatoms. The van der Waals surface area contributed by atoms with E-state index in [2.05, 4.69) is 41.5 Å². The zero-order valence-electron chi connectivity index (χ0n) is 12.8. The van der Waals surface area contributed by atoms with E-state index in [9.17, 15) is 4.39 Å². The van der Waals surface area contributed by atoms with Crippen molar-refractivity contribution < 1.29 is 4.39 Å². The topological polar surface area (TPSA) is 15.3 Å². The third-order valence-corrected chi connectivity index (χ3v) is 3.61. The first-order valence-electron chi connectivity index (χ1n) is 7.39. The van der Waals surface area contributed by atoms with Crippen LogP contribution >= 0.6 is 0 Å². The number of hydrogen-bond donors (Lipinski definition) is 1. The van der Waals surface area contributed by atoms with Gasteiger partial charge in [-0.3, -0.25) is 0 Å². The molecule has 0 spiro atoms. The molecule has 0 aliphatic carbocycles. The normalized spacial score (nSPS) is 10.6. The van der Waals surface area contributed by atoms with Crippen LogP contribution in [0.2, 0.25) is 0 Å². The zero-order chi connectivity index (χ0) is 15.1. The van der Waals surface area contributed by atoms with Crippen LogP contribution in [-0.2, 0) is 6.54 Å². The Hall–Kier alpha value is -1.87. The molecule has 0 unspecified atom stereocenters. The third kappa shape index (κ3) is 4.87. The van der Waals surface area contributed by atoms with Crippen LogP contribution in [0.1, 0.15) is 17.5 Å². The average molecular weight is 286 g/mol. The maximum absolute atomic E-state index is 13.4. The van der Waals surface area contributed by atoms with Crippen molar-refractivity contribution in [3.8, 4) is 0 Å². The van der Waals surface area contributed by atoms with Crippen molar-refractivity contribution in [3.63, 3.8) is 0 Å². The van der Waals surface area contributed by atoms with Gasteiger partial charge in [0.15, 0.2) is 0 Å². The SMILES string of the molecule is Cc1ccc(CNCCCN(C)c2ccccc2)cc1F. The number of anilines is 1. The molecule has 2 aromatic carbocycles. The van der Waals surface area contributed by atoms with Crippen molar-refractivity contribution >= 4 is 5.69 Å². The van der Waals surface area contributed by atoms with E-state index >= 15 is 0 Å². The lowest BCUT2D eigenvalue weighted by molar-refractivity contribution is 0.608. The lowest BCUT2D eigenvalue weighted by Crippen LogP contribution is -2.23. The van der Waals surface area contributed by atoms with Gasteiger partial charge in [0, 0.05) is 25.8 Å². The number of aryl methyl sites for hydroxylation is 1. The summed E-state index contributed by atoms with van der Waals surface area (Å²) < 4.78 is 13.4. The molecule has 0 fully saturated rings. The summed E-state index contributed by atoms with van der Waals surface area (Å²) in [6.45, 7) is 4.42. The molecule has 0 aliphatic rings. The smallest absolute Gasteiger partial charge is 0.126 e. The number of nitrogens with one attached hydrogen (secondary N) is 1. The van der Waals surface area contributed by atoms with Crippen LogP contribution in [0.4, 0.5) is 10.1 Å². The second-order valence-corrected chi connectivity index (χ2v) is 5.37. The first-order valence-corrected chi connectivity index (χ1v) is 7.39. The minimum Gasteiger partial charge on any atom is -0.375 e. The Kier molecular flexibility index (Phi) is 5.76. The second-order valence-electron chi connectivity index (χ2n) is 5.37. The molecule has 0 heterocycles. The van der Waals surface area contributed by atoms with Crippen LogP contribution in [0.15, 0.2) is 48.5 Å². The van der Waals surface area contributed by atoms with E-state index in [0.717, 1.165) is 25.1 Å². The Labute approximate surface area is 126 Å². The molecule has 0 bridgehead atoms. The molecule has 21 heavy (non-hydrogen) atoms. The van der Waals surface area contributed by atoms with E-state index in [0.29, 0.717) is 12.1 Å². The van der Waals surface area contributed by atoms with Crippen LogP contribution in [0.5, 0.6) is 0 Å². The summed E-state index contributed by atoms with van der Waals surface area (Å²) in [7, 11) is 2.10. The van der Waals surface area contributed by atoms with Crippen LogP contribution in [0.3, 0.4) is 0 Å². The number of hydrogen-bond acceptors (Lipinski definition) is 2. The van der Waals surface area contributed by atoms with Gasteiger partial charge >= 0.3 is 0 Å². The van der Waals surface area contributed by atoms with Gasteiger partial charge in [-0.2, -0.15) is 0 Å². The number of rotatable bonds is 7. The van der Waals surface area contributed by atoms with E-state index in [1.165, 1.54) is 5.69 Å². The molecule has 0 aromatic heterocycles. The van der Waals surface area contributed by atoms with Gasteiger partial charge < -0.3 is 10.2 Å². The van der Waals surface area contributed by atoms with Gasteiger partial charge in [0.2, 0.25) is 0 Å². The summed E-state index contributed by atoms with van der Waals surface area (Å²) in [6.07, 6.45) is 1.06. The van der Waals surface area contributed by atoms with Crippen molar-refractivity contribution in [1.29, 1.82) is 0 Å². The minimum atomic E-state index is -0.127. The molecule has 0 saturated heterocycles. The van der Waals surface area contributed by atoms with Gasteiger partial charge in [-0.15, -0.1) is 0 Å². The average Bonchev–Trinajstić information content (AvgIpc) is 2.51. The number of nitrogens with zero attached hydrogens (tertiary/aromatic N) is 1. The van der Waals surface area contributed by atoms with Gasteiger partial charge in [-0.05, 0) is 49.2 Å². The monoisotopic (exact) mass is 286 g/mol. The lowest BCUT2D eigenvalue weighted by Gasteiger charge is -2.19. The van der Waals surface area contributed by atoms with Crippen LogP contribution in [0.25, 0.3) is 0 Å². The Morgan fingerprint density at radius 1 is 1.10 bits per heavy atom. The predicted octanol–water partition coefficient (Wildman–Crippen LogP) is 3.75. The Balaban J connectivity index is 1.67.